The van der Waals surface area contributed by atoms with E-state index in [2.05, 4.69) is 38.1 Å². The molecule has 4 nitrogen and oxygen atoms in total. The lowest BCUT2D eigenvalue weighted by Crippen LogP contribution is -2.11. The van der Waals surface area contributed by atoms with Gasteiger partial charge in [-0.25, -0.2) is 0 Å². The molecule has 0 fully saturated rings. The number of ether oxygens (including phenoxy) is 2. The Hall–Kier alpha value is -2.33. The Kier molecular flexibility index (Phi) is 18.3. The number of hydrogen-bond donors (Lipinski definition) is 1. The van der Waals surface area contributed by atoms with E-state index >= 15 is 0 Å². The van der Waals surface area contributed by atoms with Crippen molar-refractivity contribution in [2.75, 3.05) is 19.8 Å². The molecule has 0 saturated carbocycles. The highest BCUT2D eigenvalue weighted by molar-refractivity contribution is 5.94. The summed E-state index contributed by atoms with van der Waals surface area (Å²) < 4.78 is 11.3. The Morgan fingerprint density at radius 1 is 0.727 bits per heavy atom. The van der Waals surface area contributed by atoms with Crippen LogP contribution in [0, 0.1) is 0 Å². The number of hydrogen-bond acceptors (Lipinski definition) is 4. The van der Waals surface area contributed by atoms with Crippen LogP contribution in [0.3, 0.4) is 0 Å². The minimum absolute atomic E-state index is 0.0942. The SMILES string of the molecule is CCCCCCCCCCCCCCCCCC(=O)OCCOCCCC1C(CCCC)=Cc2c(O)cc3ccccc3c21. The highest BCUT2D eigenvalue weighted by Crippen LogP contribution is 2.48. The monoisotopic (exact) mass is 606 g/mol. The van der Waals surface area contributed by atoms with Gasteiger partial charge in [0.1, 0.15) is 12.4 Å². The third-order valence-corrected chi connectivity index (χ3v) is 9.31. The highest BCUT2D eigenvalue weighted by Gasteiger charge is 2.28. The largest absolute Gasteiger partial charge is 0.507 e. The number of fused-ring (bicyclic) bond motifs is 3. The molecule has 0 radical (unpaired) electrons. The molecule has 1 unspecified atom stereocenters. The van der Waals surface area contributed by atoms with E-state index in [1.165, 1.54) is 100.0 Å². The Balaban J connectivity index is 1.19. The predicted molar refractivity (Wildman–Crippen MR) is 186 cm³/mol. The molecule has 0 aromatic heterocycles. The lowest BCUT2D eigenvalue weighted by atomic mass is 9.86. The molecule has 4 heteroatoms. The van der Waals surface area contributed by atoms with Crippen LogP contribution in [0.4, 0.5) is 0 Å². The van der Waals surface area contributed by atoms with E-state index in [1.807, 2.05) is 12.1 Å². The summed E-state index contributed by atoms with van der Waals surface area (Å²) in [5, 5.41) is 13.1. The summed E-state index contributed by atoms with van der Waals surface area (Å²) in [6.07, 6.45) is 28.0. The fourth-order valence-electron chi connectivity index (χ4n) is 6.75. The highest BCUT2D eigenvalue weighted by atomic mass is 16.6. The van der Waals surface area contributed by atoms with Gasteiger partial charge in [-0.2, -0.15) is 0 Å². The number of phenolic OH excluding ortho intramolecular Hbond substituents is 1. The van der Waals surface area contributed by atoms with Crippen molar-refractivity contribution in [1.29, 1.82) is 0 Å². The topological polar surface area (TPSA) is 55.8 Å². The molecule has 246 valence electrons. The lowest BCUT2D eigenvalue weighted by molar-refractivity contribution is -0.145. The van der Waals surface area contributed by atoms with Crippen LogP contribution in [0.2, 0.25) is 0 Å². The first kappa shape index (κ1) is 36.1. The van der Waals surface area contributed by atoms with Crippen LogP contribution < -0.4 is 0 Å². The van der Waals surface area contributed by atoms with Crippen LogP contribution in [-0.4, -0.2) is 30.9 Å². The van der Waals surface area contributed by atoms with Gasteiger partial charge in [0.2, 0.25) is 0 Å². The molecule has 1 aliphatic rings. The maximum atomic E-state index is 12.1. The molecule has 1 atom stereocenters. The maximum absolute atomic E-state index is 12.1. The zero-order valence-corrected chi connectivity index (χ0v) is 28.2. The zero-order chi connectivity index (χ0) is 31.2. The van der Waals surface area contributed by atoms with Gasteiger partial charge in [0.25, 0.3) is 0 Å². The van der Waals surface area contributed by atoms with Crippen molar-refractivity contribution >= 4 is 22.8 Å². The Bertz CT molecular complexity index is 1100. The molecule has 0 heterocycles. The number of benzene rings is 2. The van der Waals surface area contributed by atoms with Crippen LogP contribution in [-0.2, 0) is 14.3 Å². The molecule has 2 aromatic rings. The molecule has 0 bridgehead atoms. The van der Waals surface area contributed by atoms with E-state index in [-0.39, 0.29) is 5.97 Å². The van der Waals surface area contributed by atoms with E-state index in [9.17, 15) is 9.90 Å². The van der Waals surface area contributed by atoms with Crippen molar-refractivity contribution in [3.63, 3.8) is 0 Å². The van der Waals surface area contributed by atoms with Crippen LogP contribution in [0.25, 0.3) is 16.8 Å². The van der Waals surface area contributed by atoms with Gasteiger partial charge in [-0.1, -0.05) is 146 Å². The van der Waals surface area contributed by atoms with Gasteiger partial charge in [0, 0.05) is 24.5 Å². The van der Waals surface area contributed by atoms with Gasteiger partial charge >= 0.3 is 5.97 Å². The van der Waals surface area contributed by atoms with Crippen molar-refractivity contribution in [3.8, 4) is 5.75 Å². The summed E-state index contributed by atoms with van der Waals surface area (Å²) in [7, 11) is 0. The number of carbonyl (C=O) groups excluding carboxylic acids is 1. The number of allylic oxidation sites excluding steroid dienone is 1. The number of aromatic hydroxyl groups is 1. The summed E-state index contributed by atoms with van der Waals surface area (Å²) >= 11 is 0. The molecular weight excluding hydrogens is 544 g/mol. The minimum Gasteiger partial charge on any atom is -0.507 e. The summed E-state index contributed by atoms with van der Waals surface area (Å²) in [6, 6.07) is 10.3. The summed E-state index contributed by atoms with van der Waals surface area (Å²) in [5.74, 6) is 0.616. The van der Waals surface area contributed by atoms with Gasteiger partial charge < -0.3 is 14.6 Å². The van der Waals surface area contributed by atoms with Gasteiger partial charge in [-0.3, -0.25) is 4.79 Å². The maximum Gasteiger partial charge on any atom is 0.305 e. The van der Waals surface area contributed by atoms with E-state index < -0.39 is 0 Å². The summed E-state index contributed by atoms with van der Waals surface area (Å²) in [5.41, 5.74) is 3.71. The van der Waals surface area contributed by atoms with Crippen molar-refractivity contribution < 1.29 is 19.4 Å². The van der Waals surface area contributed by atoms with Crippen LogP contribution >= 0.6 is 0 Å². The smallest absolute Gasteiger partial charge is 0.305 e. The van der Waals surface area contributed by atoms with Gasteiger partial charge in [-0.15, -0.1) is 0 Å². The first-order valence-electron chi connectivity index (χ1n) is 18.3. The zero-order valence-electron chi connectivity index (χ0n) is 28.2. The van der Waals surface area contributed by atoms with Crippen molar-refractivity contribution in [1.82, 2.24) is 0 Å². The molecular formula is C40H62O4. The average Bonchev–Trinajstić information content (AvgIpc) is 3.40. The van der Waals surface area contributed by atoms with Crippen molar-refractivity contribution in [3.05, 3.63) is 47.0 Å². The number of esters is 1. The molecule has 44 heavy (non-hydrogen) atoms. The molecule has 1 aliphatic carbocycles. The fourth-order valence-corrected chi connectivity index (χ4v) is 6.75. The van der Waals surface area contributed by atoms with Crippen LogP contribution in [0.1, 0.15) is 166 Å². The predicted octanol–water partition coefficient (Wildman–Crippen LogP) is 11.8. The molecule has 3 rings (SSSR count). The van der Waals surface area contributed by atoms with E-state index in [0.29, 0.717) is 37.9 Å². The van der Waals surface area contributed by atoms with Gasteiger partial charge in [-0.05, 0) is 54.5 Å². The van der Waals surface area contributed by atoms with E-state index in [4.69, 9.17) is 9.47 Å². The summed E-state index contributed by atoms with van der Waals surface area (Å²) in [6.45, 7) is 5.95. The number of rotatable bonds is 26. The molecule has 2 aromatic carbocycles. The first-order chi connectivity index (χ1) is 21.7. The average molecular weight is 607 g/mol. The third-order valence-electron chi connectivity index (χ3n) is 9.31. The second-order valence-electron chi connectivity index (χ2n) is 13.0. The third kappa shape index (κ3) is 13.0. The minimum atomic E-state index is -0.0942. The molecule has 0 amide bonds. The molecule has 0 saturated heterocycles. The second-order valence-corrected chi connectivity index (χ2v) is 13.0. The lowest BCUT2D eigenvalue weighted by Gasteiger charge is -2.19. The molecule has 0 spiro atoms. The Labute approximate surface area is 269 Å². The fraction of sp³-hybridized carbons (Fsp3) is 0.675. The van der Waals surface area contributed by atoms with Crippen molar-refractivity contribution in [2.24, 2.45) is 0 Å². The Morgan fingerprint density at radius 3 is 2.00 bits per heavy atom. The summed E-state index contributed by atoms with van der Waals surface area (Å²) in [4.78, 5) is 12.1. The van der Waals surface area contributed by atoms with Gasteiger partial charge in [0.15, 0.2) is 0 Å². The van der Waals surface area contributed by atoms with E-state index in [1.54, 1.807) is 0 Å². The Morgan fingerprint density at radius 2 is 1.34 bits per heavy atom. The number of unbranched alkanes of at least 4 members (excludes halogenated alkanes) is 15. The molecule has 1 N–H and O–H groups in total. The van der Waals surface area contributed by atoms with E-state index in [0.717, 1.165) is 55.9 Å². The molecule has 0 aliphatic heterocycles. The van der Waals surface area contributed by atoms with Crippen LogP contribution in [0.15, 0.2) is 35.9 Å². The number of carbonyl (C=O) groups is 1. The normalized spacial score (nSPS) is 14.2. The first-order valence-corrected chi connectivity index (χ1v) is 18.3. The van der Waals surface area contributed by atoms with Crippen molar-refractivity contribution in [2.45, 2.75) is 155 Å². The van der Waals surface area contributed by atoms with Gasteiger partial charge in [0.05, 0.1) is 6.61 Å². The van der Waals surface area contributed by atoms with Crippen LogP contribution in [0.5, 0.6) is 5.75 Å². The number of phenols is 1. The second kappa shape index (κ2) is 22.2. The standard InChI is InChI=1S/C40H62O4/c1-3-5-7-8-9-10-11-12-13-14-15-16-17-18-19-27-39(42)44-30-29-43-28-22-26-36-33(23-6-4-2)31-37-38(41)32-34-24-20-21-25-35(34)40(36)37/h20-21,24-25,31-32,36,41H,3-19,22-23,26-30H2,1-2H3. The quantitative estimate of drug-likeness (QED) is 0.0855.